The van der Waals surface area contributed by atoms with E-state index in [1.807, 2.05) is 32.9 Å². The average Bonchev–Trinajstić information content (AvgIpc) is 3.25. The van der Waals surface area contributed by atoms with E-state index in [2.05, 4.69) is 64.7 Å². The van der Waals surface area contributed by atoms with E-state index in [0.717, 1.165) is 65.7 Å². The zero-order valence-corrected chi connectivity index (χ0v) is 22.5. The van der Waals surface area contributed by atoms with Gasteiger partial charge in [0.1, 0.15) is 23.9 Å². The minimum absolute atomic E-state index is 0.511. The van der Waals surface area contributed by atoms with E-state index in [0.29, 0.717) is 26.4 Å². The molecule has 2 heterocycles. The SMILES string of the molecule is CCOc1ccc(CN2CCOCCOc3ccc(-c4c(C)noc4C)cc3Cc3cccc(c3)C2)cc1. The van der Waals surface area contributed by atoms with Crippen molar-refractivity contribution in [3.05, 3.63) is 100 Å². The highest BCUT2D eigenvalue weighted by molar-refractivity contribution is 5.69. The standard InChI is InChI=1S/C32H36N2O4/c1-4-36-30-11-8-25(9-12-30)21-34-14-15-35-16-17-37-31-13-10-28(32-23(2)33-38-24(32)3)20-29(31)19-26-6-5-7-27(18-26)22-34/h5-13,18,20H,4,14-17,19,21-22H2,1-3H3. The topological polar surface area (TPSA) is 57.0 Å². The Labute approximate surface area is 225 Å². The summed E-state index contributed by atoms with van der Waals surface area (Å²) in [4.78, 5) is 2.44. The molecule has 0 radical (unpaired) electrons. The van der Waals surface area contributed by atoms with Crippen LogP contribution in [-0.2, 0) is 24.2 Å². The fraction of sp³-hybridized carbons (Fsp3) is 0.344. The number of benzene rings is 3. The molecule has 3 aromatic carbocycles. The fourth-order valence-corrected chi connectivity index (χ4v) is 5.06. The molecule has 0 fully saturated rings. The molecular weight excluding hydrogens is 476 g/mol. The molecule has 5 rings (SSSR count). The highest BCUT2D eigenvalue weighted by Gasteiger charge is 2.16. The molecule has 1 aromatic heterocycles. The molecule has 0 aliphatic carbocycles. The summed E-state index contributed by atoms with van der Waals surface area (Å²) in [5.41, 5.74) is 7.99. The van der Waals surface area contributed by atoms with E-state index in [-0.39, 0.29) is 0 Å². The van der Waals surface area contributed by atoms with Crippen molar-refractivity contribution in [1.82, 2.24) is 10.1 Å². The van der Waals surface area contributed by atoms with Crippen LogP contribution in [0.3, 0.4) is 0 Å². The lowest BCUT2D eigenvalue weighted by Gasteiger charge is -2.23. The summed E-state index contributed by atoms with van der Waals surface area (Å²) >= 11 is 0. The van der Waals surface area contributed by atoms with Crippen molar-refractivity contribution >= 4 is 0 Å². The first-order valence-electron chi connectivity index (χ1n) is 13.4. The number of ether oxygens (including phenoxy) is 3. The summed E-state index contributed by atoms with van der Waals surface area (Å²) in [5.74, 6) is 2.63. The Morgan fingerprint density at radius 3 is 2.55 bits per heavy atom. The molecule has 6 nitrogen and oxygen atoms in total. The molecule has 2 bridgehead atoms. The lowest BCUT2D eigenvalue weighted by molar-refractivity contribution is 0.0757. The van der Waals surface area contributed by atoms with Crippen molar-refractivity contribution in [3.8, 4) is 22.6 Å². The van der Waals surface area contributed by atoms with E-state index >= 15 is 0 Å². The van der Waals surface area contributed by atoms with Gasteiger partial charge >= 0.3 is 0 Å². The summed E-state index contributed by atoms with van der Waals surface area (Å²) in [6, 6.07) is 23.6. The molecule has 6 heteroatoms. The zero-order chi connectivity index (χ0) is 26.3. The predicted molar refractivity (Wildman–Crippen MR) is 149 cm³/mol. The molecule has 198 valence electrons. The van der Waals surface area contributed by atoms with E-state index in [4.69, 9.17) is 18.7 Å². The molecule has 4 aromatic rings. The van der Waals surface area contributed by atoms with Gasteiger partial charge in [0.2, 0.25) is 0 Å². The van der Waals surface area contributed by atoms with Gasteiger partial charge in [0.15, 0.2) is 0 Å². The Morgan fingerprint density at radius 2 is 1.76 bits per heavy atom. The number of aromatic nitrogens is 1. The summed E-state index contributed by atoms with van der Waals surface area (Å²) < 4.78 is 23.2. The van der Waals surface area contributed by atoms with Gasteiger partial charge in [-0.1, -0.05) is 47.6 Å². The van der Waals surface area contributed by atoms with E-state index in [9.17, 15) is 0 Å². The molecule has 0 saturated heterocycles. The second kappa shape index (κ2) is 12.3. The largest absolute Gasteiger partial charge is 0.494 e. The second-order valence-corrected chi connectivity index (χ2v) is 9.77. The number of fused-ring (bicyclic) bond motifs is 3. The third-order valence-electron chi connectivity index (χ3n) is 6.85. The fourth-order valence-electron chi connectivity index (χ4n) is 5.06. The van der Waals surface area contributed by atoms with Crippen molar-refractivity contribution in [3.63, 3.8) is 0 Å². The predicted octanol–water partition coefficient (Wildman–Crippen LogP) is 6.36. The van der Waals surface area contributed by atoms with Crippen LogP contribution in [-0.4, -0.2) is 43.0 Å². The van der Waals surface area contributed by atoms with Gasteiger partial charge in [0.25, 0.3) is 0 Å². The van der Waals surface area contributed by atoms with Crippen molar-refractivity contribution < 1.29 is 18.7 Å². The van der Waals surface area contributed by atoms with E-state index < -0.39 is 0 Å². The maximum Gasteiger partial charge on any atom is 0.141 e. The number of hydrogen-bond donors (Lipinski definition) is 0. The van der Waals surface area contributed by atoms with Crippen molar-refractivity contribution in [2.24, 2.45) is 0 Å². The molecule has 0 saturated carbocycles. The number of aryl methyl sites for hydroxylation is 2. The first kappa shape index (κ1) is 26.0. The van der Waals surface area contributed by atoms with Crippen LogP contribution in [0.2, 0.25) is 0 Å². The minimum Gasteiger partial charge on any atom is -0.494 e. The molecule has 0 amide bonds. The van der Waals surface area contributed by atoms with Crippen LogP contribution in [0.25, 0.3) is 11.1 Å². The van der Waals surface area contributed by atoms with Gasteiger partial charge < -0.3 is 18.7 Å². The maximum absolute atomic E-state index is 6.20. The summed E-state index contributed by atoms with van der Waals surface area (Å²) in [5, 5.41) is 4.14. The molecule has 38 heavy (non-hydrogen) atoms. The normalized spacial score (nSPS) is 14.8. The summed E-state index contributed by atoms with van der Waals surface area (Å²) in [6.07, 6.45) is 0.778. The number of rotatable bonds is 5. The highest BCUT2D eigenvalue weighted by atomic mass is 16.5. The van der Waals surface area contributed by atoms with Gasteiger partial charge in [0, 0.05) is 31.6 Å². The Bertz CT molecular complexity index is 1330. The van der Waals surface area contributed by atoms with Crippen molar-refractivity contribution in [1.29, 1.82) is 0 Å². The Morgan fingerprint density at radius 1 is 0.921 bits per heavy atom. The maximum atomic E-state index is 6.20. The van der Waals surface area contributed by atoms with Gasteiger partial charge in [-0.2, -0.15) is 0 Å². The van der Waals surface area contributed by atoms with Crippen molar-refractivity contribution in [2.75, 3.05) is 33.0 Å². The van der Waals surface area contributed by atoms with E-state index in [1.54, 1.807) is 0 Å². The highest BCUT2D eigenvalue weighted by Crippen LogP contribution is 2.32. The van der Waals surface area contributed by atoms with Crippen LogP contribution in [0, 0.1) is 13.8 Å². The van der Waals surface area contributed by atoms with Gasteiger partial charge in [-0.05, 0) is 72.9 Å². The Balaban J connectivity index is 1.39. The molecule has 1 aliphatic rings. The van der Waals surface area contributed by atoms with Gasteiger partial charge in [-0.25, -0.2) is 0 Å². The first-order valence-corrected chi connectivity index (χ1v) is 13.4. The van der Waals surface area contributed by atoms with Gasteiger partial charge in [0.05, 0.1) is 25.5 Å². The van der Waals surface area contributed by atoms with Crippen LogP contribution in [0.1, 0.15) is 40.6 Å². The van der Waals surface area contributed by atoms with Gasteiger partial charge in [-0.3, -0.25) is 4.90 Å². The molecule has 0 N–H and O–H groups in total. The smallest absolute Gasteiger partial charge is 0.141 e. The minimum atomic E-state index is 0.511. The van der Waals surface area contributed by atoms with Crippen LogP contribution in [0.15, 0.2) is 71.3 Å². The molecule has 1 aliphatic heterocycles. The number of nitrogens with zero attached hydrogens (tertiary/aromatic N) is 2. The average molecular weight is 513 g/mol. The Kier molecular flexibility index (Phi) is 8.41. The number of hydrogen-bond acceptors (Lipinski definition) is 6. The molecule has 0 spiro atoms. The molecule has 0 unspecified atom stereocenters. The third kappa shape index (κ3) is 6.44. The van der Waals surface area contributed by atoms with Crippen LogP contribution in [0.5, 0.6) is 11.5 Å². The molecular formula is C32H36N2O4. The quantitative estimate of drug-likeness (QED) is 0.310. The molecule has 0 atom stereocenters. The summed E-state index contributed by atoms with van der Waals surface area (Å²) in [6.45, 7) is 10.9. The zero-order valence-electron chi connectivity index (χ0n) is 22.5. The third-order valence-corrected chi connectivity index (χ3v) is 6.85. The summed E-state index contributed by atoms with van der Waals surface area (Å²) in [7, 11) is 0. The van der Waals surface area contributed by atoms with Crippen LogP contribution in [0.4, 0.5) is 0 Å². The van der Waals surface area contributed by atoms with Crippen LogP contribution < -0.4 is 9.47 Å². The first-order chi connectivity index (χ1) is 18.6. The van der Waals surface area contributed by atoms with Gasteiger partial charge in [-0.15, -0.1) is 0 Å². The lowest BCUT2D eigenvalue weighted by Crippen LogP contribution is -2.27. The second-order valence-electron chi connectivity index (χ2n) is 9.77. The van der Waals surface area contributed by atoms with E-state index in [1.165, 1.54) is 16.7 Å². The lowest BCUT2D eigenvalue weighted by atomic mass is 9.96. The van der Waals surface area contributed by atoms with Crippen molar-refractivity contribution in [2.45, 2.75) is 40.3 Å². The Hall–Kier alpha value is -3.61. The van der Waals surface area contributed by atoms with Crippen LogP contribution >= 0.6 is 0 Å². The monoisotopic (exact) mass is 512 g/mol.